The summed E-state index contributed by atoms with van der Waals surface area (Å²) in [4.78, 5) is 11.3. The van der Waals surface area contributed by atoms with E-state index in [1.54, 1.807) is 6.08 Å². The first-order valence-corrected chi connectivity index (χ1v) is 6.64. The Kier molecular flexibility index (Phi) is 6.95. The molecular formula is C14H24O2. The second kappa shape index (κ2) is 8.37. The number of cyclic esters (lactones) is 1. The summed E-state index contributed by atoms with van der Waals surface area (Å²) in [7, 11) is 0. The number of carbonyl (C=O) groups is 1. The van der Waals surface area contributed by atoms with Gasteiger partial charge in [-0.15, -0.1) is 0 Å². The SMILES string of the molecule is CC1/C=C\C(=O)OCCCCCCCCC1. The standard InChI is InChI=1S/C14H24O2/c1-13-9-7-5-3-2-4-6-8-12-16-14(15)11-10-13/h10-11,13H,2-9,12H2,1H3/b11-10-. The van der Waals surface area contributed by atoms with Crippen molar-refractivity contribution >= 4 is 5.97 Å². The predicted molar refractivity (Wildman–Crippen MR) is 66.2 cm³/mol. The Hall–Kier alpha value is -0.790. The van der Waals surface area contributed by atoms with Gasteiger partial charge in [0.05, 0.1) is 6.61 Å². The molecule has 0 aromatic heterocycles. The van der Waals surface area contributed by atoms with E-state index in [9.17, 15) is 4.79 Å². The van der Waals surface area contributed by atoms with Gasteiger partial charge >= 0.3 is 5.97 Å². The fourth-order valence-corrected chi connectivity index (χ4v) is 2.01. The van der Waals surface area contributed by atoms with Gasteiger partial charge in [0.25, 0.3) is 0 Å². The molecule has 1 unspecified atom stereocenters. The highest BCUT2D eigenvalue weighted by Gasteiger charge is 2.02. The molecule has 0 aromatic rings. The topological polar surface area (TPSA) is 26.3 Å². The minimum Gasteiger partial charge on any atom is -0.463 e. The van der Waals surface area contributed by atoms with E-state index in [4.69, 9.17) is 4.74 Å². The van der Waals surface area contributed by atoms with Gasteiger partial charge in [0.2, 0.25) is 0 Å². The summed E-state index contributed by atoms with van der Waals surface area (Å²) < 4.78 is 5.11. The smallest absolute Gasteiger partial charge is 0.330 e. The van der Waals surface area contributed by atoms with Crippen LogP contribution in [-0.4, -0.2) is 12.6 Å². The number of hydrogen-bond acceptors (Lipinski definition) is 2. The maximum absolute atomic E-state index is 11.3. The van der Waals surface area contributed by atoms with Gasteiger partial charge < -0.3 is 4.74 Å². The molecular weight excluding hydrogens is 200 g/mol. The van der Waals surface area contributed by atoms with Crippen LogP contribution in [0.5, 0.6) is 0 Å². The van der Waals surface area contributed by atoms with Crippen molar-refractivity contribution in [2.24, 2.45) is 5.92 Å². The second-order valence-electron chi connectivity index (χ2n) is 4.77. The number of carbonyl (C=O) groups excluding carboxylic acids is 1. The molecule has 1 atom stereocenters. The largest absolute Gasteiger partial charge is 0.463 e. The molecule has 1 heterocycles. The Morgan fingerprint density at radius 3 is 2.44 bits per heavy atom. The van der Waals surface area contributed by atoms with Crippen molar-refractivity contribution in [1.29, 1.82) is 0 Å². The van der Waals surface area contributed by atoms with Crippen LogP contribution in [0.1, 0.15) is 58.3 Å². The fraction of sp³-hybridized carbons (Fsp3) is 0.786. The zero-order chi connectivity index (χ0) is 11.6. The predicted octanol–water partition coefficient (Wildman–Crippen LogP) is 3.86. The van der Waals surface area contributed by atoms with E-state index >= 15 is 0 Å². The van der Waals surface area contributed by atoms with Crippen LogP contribution in [-0.2, 0) is 9.53 Å². The lowest BCUT2D eigenvalue weighted by Crippen LogP contribution is -2.03. The second-order valence-corrected chi connectivity index (χ2v) is 4.77. The average Bonchev–Trinajstić information content (AvgIpc) is 2.28. The van der Waals surface area contributed by atoms with Crippen LogP contribution >= 0.6 is 0 Å². The maximum Gasteiger partial charge on any atom is 0.330 e. The maximum atomic E-state index is 11.3. The lowest BCUT2D eigenvalue weighted by molar-refractivity contribution is -0.137. The zero-order valence-corrected chi connectivity index (χ0v) is 10.4. The Labute approximate surface area is 99.1 Å². The highest BCUT2D eigenvalue weighted by Crippen LogP contribution is 2.14. The molecule has 0 saturated heterocycles. The lowest BCUT2D eigenvalue weighted by Gasteiger charge is -2.08. The minimum atomic E-state index is -0.177. The molecule has 1 aliphatic heterocycles. The summed E-state index contributed by atoms with van der Waals surface area (Å²) in [6, 6.07) is 0. The first kappa shape index (κ1) is 13.3. The van der Waals surface area contributed by atoms with Crippen molar-refractivity contribution in [3.8, 4) is 0 Å². The molecule has 0 bridgehead atoms. The van der Waals surface area contributed by atoms with E-state index < -0.39 is 0 Å². The van der Waals surface area contributed by atoms with E-state index in [1.165, 1.54) is 44.9 Å². The van der Waals surface area contributed by atoms with Gasteiger partial charge in [0, 0.05) is 6.08 Å². The quantitative estimate of drug-likeness (QED) is 0.584. The van der Waals surface area contributed by atoms with E-state index in [0.29, 0.717) is 12.5 Å². The monoisotopic (exact) mass is 224 g/mol. The normalized spacial score (nSPS) is 27.8. The molecule has 0 amide bonds. The summed E-state index contributed by atoms with van der Waals surface area (Å²) in [6.07, 6.45) is 13.5. The average molecular weight is 224 g/mol. The molecule has 2 heteroatoms. The number of ether oxygens (including phenoxy) is 1. The molecule has 16 heavy (non-hydrogen) atoms. The first-order valence-electron chi connectivity index (χ1n) is 6.64. The number of rotatable bonds is 0. The molecule has 0 spiro atoms. The number of allylic oxidation sites excluding steroid dienone is 1. The van der Waals surface area contributed by atoms with E-state index in [0.717, 1.165) is 6.42 Å². The molecule has 1 rings (SSSR count). The van der Waals surface area contributed by atoms with E-state index in [2.05, 4.69) is 6.92 Å². The van der Waals surface area contributed by atoms with Crippen LogP contribution in [0.4, 0.5) is 0 Å². The van der Waals surface area contributed by atoms with Crippen LogP contribution < -0.4 is 0 Å². The van der Waals surface area contributed by atoms with Crippen molar-refractivity contribution in [3.63, 3.8) is 0 Å². The Balaban J connectivity index is 2.34. The van der Waals surface area contributed by atoms with Crippen molar-refractivity contribution in [1.82, 2.24) is 0 Å². The van der Waals surface area contributed by atoms with Gasteiger partial charge in [0.1, 0.15) is 0 Å². The van der Waals surface area contributed by atoms with Crippen molar-refractivity contribution < 1.29 is 9.53 Å². The van der Waals surface area contributed by atoms with Crippen LogP contribution in [0.15, 0.2) is 12.2 Å². The van der Waals surface area contributed by atoms with Crippen LogP contribution in [0.3, 0.4) is 0 Å². The van der Waals surface area contributed by atoms with Gasteiger partial charge in [-0.2, -0.15) is 0 Å². The summed E-state index contributed by atoms with van der Waals surface area (Å²) in [5.41, 5.74) is 0. The molecule has 0 radical (unpaired) electrons. The van der Waals surface area contributed by atoms with Crippen molar-refractivity contribution in [2.75, 3.05) is 6.61 Å². The minimum absolute atomic E-state index is 0.177. The molecule has 2 nitrogen and oxygen atoms in total. The van der Waals surface area contributed by atoms with Gasteiger partial charge in [-0.25, -0.2) is 4.79 Å². The van der Waals surface area contributed by atoms with Crippen molar-refractivity contribution in [2.45, 2.75) is 58.3 Å². The third-order valence-corrected chi connectivity index (χ3v) is 3.11. The Morgan fingerprint density at radius 1 is 1.06 bits per heavy atom. The molecule has 92 valence electrons. The molecule has 1 aliphatic rings. The van der Waals surface area contributed by atoms with Crippen LogP contribution in [0.2, 0.25) is 0 Å². The van der Waals surface area contributed by atoms with Crippen molar-refractivity contribution in [3.05, 3.63) is 12.2 Å². The summed E-state index contributed by atoms with van der Waals surface area (Å²) in [6.45, 7) is 2.74. The third-order valence-electron chi connectivity index (χ3n) is 3.11. The highest BCUT2D eigenvalue weighted by molar-refractivity contribution is 5.81. The summed E-state index contributed by atoms with van der Waals surface area (Å²) in [5, 5.41) is 0. The summed E-state index contributed by atoms with van der Waals surface area (Å²) >= 11 is 0. The lowest BCUT2D eigenvalue weighted by atomic mass is 10.0. The summed E-state index contributed by atoms with van der Waals surface area (Å²) in [5.74, 6) is 0.319. The van der Waals surface area contributed by atoms with E-state index in [-0.39, 0.29) is 5.97 Å². The Morgan fingerprint density at radius 2 is 1.69 bits per heavy atom. The van der Waals surface area contributed by atoms with Gasteiger partial charge in [-0.1, -0.05) is 51.5 Å². The fourth-order valence-electron chi connectivity index (χ4n) is 2.01. The molecule has 0 aromatic carbocycles. The number of esters is 1. The van der Waals surface area contributed by atoms with Gasteiger partial charge in [0.15, 0.2) is 0 Å². The zero-order valence-electron chi connectivity index (χ0n) is 10.4. The van der Waals surface area contributed by atoms with Gasteiger partial charge in [-0.3, -0.25) is 0 Å². The van der Waals surface area contributed by atoms with Crippen LogP contribution in [0.25, 0.3) is 0 Å². The number of hydrogen-bond donors (Lipinski definition) is 0. The van der Waals surface area contributed by atoms with E-state index in [1.807, 2.05) is 6.08 Å². The van der Waals surface area contributed by atoms with Gasteiger partial charge in [-0.05, 0) is 18.8 Å². The third kappa shape index (κ3) is 6.65. The highest BCUT2D eigenvalue weighted by atomic mass is 16.5. The molecule has 0 aliphatic carbocycles. The molecule has 0 N–H and O–H groups in total. The van der Waals surface area contributed by atoms with Crippen LogP contribution in [0, 0.1) is 5.92 Å². The Bertz CT molecular complexity index is 221. The molecule has 0 fully saturated rings. The molecule has 0 saturated carbocycles. The first-order chi connectivity index (χ1) is 7.79.